The molecule has 0 radical (unpaired) electrons. The highest BCUT2D eigenvalue weighted by Crippen LogP contribution is 2.23. The molecular weight excluding hydrogens is 312 g/mol. The Kier molecular flexibility index (Phi) is 6.10. The van der Waals surface area contributed by atoms with Crippen LogP contribution in [0.25, 0.3) is 10.2 Å². The number of aryl methyl sites for hydroxylation is 1. The summed E-state index contributed by atoms with van der Waals surface area (Å²) in [5, 5.41) is 9.98. The molecule has 0 saturated heterocycles. The fraction of sp³-hybridized carbons (Fsp3) is 0.471. The van der Waals surface area contributed by atoms with Gasteiger partial charge in [-0.15, -0.1) is 11.3 Å². The molecule has 0 aliphatic carbocycles. The average Bonchev–Trinajstić information content (AvgIpc) is 2.94. The third kappa shape index (κ3) is 4.76. The number of carbonyl (C=O) groups is 2. The Bertz CT molecular complexity index is 650. The fourth-order valence-corrected chi connectivity index (χ4v) is 3.43. The molecule has 0 saturated carbocycles. The van der Waals surface area contributed by atoms with E-state index in [1.54, 1.807) is 11.3 Å². The summed E-state index contributed by atoms with van der Waals surface area (Å²) >= 11 is 1.65. The van der Waals surface area contributed by atoms with Gasteiger partial charge >= 0.3 is 5.97 Å². The molecule has 23 heavy (non-hydrogen) atoms. The predicted octanol–water partition coefficient (Wildman–Crippen LogP) is 3.33. The molecule has 2 rings (SSSR count). The summed E-state index contributed by atoms with van der Waals surface area (Å²) in [4.78, 5) is 29.2. The van der Waals surface area contributed by atoms with Gasteiger partial charge in [0.1, 0.15) is 6.54 Å². The van der Waals surface area contributed by atoms with Crippen molar-refractivity contribution in [3.63, 3.8) is 0 Å². The summed E-state index contributed by atoms with van der Waals surface area (Å²) in [5.74, 6) is -1.06. The lowest BCUT2D eigenvalue weighted by atomic mass is 10.1. The highest BCUT2D eigenvalue weighted by molar-refractivity contribution is 7.18. The first-order valence-electron chi connectivity index (χ1n) is 7.87. The van der Waals surface area contributed by atoms with Crippen LogP contribution in [0.4, 0.5) is 0 Å². The van der Waals surface area contributed by atoms with E-state index in [-0.39, 0.29) is 18.5 Å². The van der Waals surface area contributed by atoms with Crippen LogP contribution < -0.4 is 0 Å². The Hall–Kier alpha value is -1.95. The van der Waals surface area contributed by atoms with Crippen LogP contribution in [0.5, 0.6) is 0 Å². The molecule has 0 spiro atoms. The number of carbonyl (C=O) groups excluding carboxylic acids is 1. The Morgan fingerprint density at radius 1 is 1.35 bits per heavy atom. The molecule has 1 aromatic carbocycles. The number of para-hydroxylation sites is 1. The van der Waals surface area contributed by atoms with E-state index in [0.29, 0.717) is 12.8 Å². The highest BCUT2D eigenvalue weighted by atomic mass is 32.1. The van der Waals surface area contributed by atoms with E-state index in [2.05, 4.69) is 4.98 Å². The molecule has 0 aliphatic heterocycles. The Balaban J connectivity index is 1.90. The van der Waals surface area contributed by atoms with Gasteiger partial charge in [-0.25, -0.2) is 4.98 Å². The lowest BCUT2D eigenvalue weighted by Gasteiger charge is -2.26. The van der Waals surface area contributed by atoms with Crippen LogP contribution in [-0.4, -0.2) is 39.5 Å². The molecule has 1 amide bonds. The van der Waals surface area contributed by atoms with Gasteiger partial charge in [0.2, 0.25) is 5.91 Å². The predicted molar refractivity (Wildman–Crippen MR) is 91.7 cm³/mol. The quantitative estimate of drug-likeness (QED) is 0.804. The van der Waals surface area contributed by atoms with Crippen molar-refractivity contribution in [3.05, 3.63) is 29.3 Å². The van der Waals surface area contributed by atoms with E-state index in [0.717, 1.165) is 28.1 Å². The minimum atomic E-state index is -0.968. The van der Waals surface area contributed by atoms with Crippen molar-refractivity contribution in [2.45, 2.75) is 45.6 Å². The number of hydrogen-bond acceptors (Lipinski definition) is 4. The minimum absolute atomic E-state index is 0.0546. The Labute approximate surface area is 139 Å². The van der Waals surface area contributed by atoms with Crippen LogP contribution in [-0.2, 0) is 16.0 Å². The summed E-state index contributed by atoms with van der Waals surface area (Å²) < 4.78 is 1.15. The van der Waals surface area contributed by atoms with Crippen LogP contribution in [0.3, 0.4) is 0 Å². The number of hydrogen-bond donors (Lipinski definition) is 1. The maximum absolute atomic E-state index is 12.3. The van der Waals surface area contributed by atoms with E-state index in [1.807, 2.05) is 38.1 Å². The molecule has 1 unspecified atom stereocenters. The van der Waals surface area contributed by atoms with Crippen molar-refractivity contribution in [1.82, 2.24) is 9.88 Å². The first-order chi connectivity index (χ1) is 11.0. The smallest absolute Gasteiger partial charge is 0.323 e. The molecule has 0 bridgehead atoms. The number of aliphatic carboxylic acids is 1. The number of amides is 1. The second kappa shape index (κ2) is 8.06. The number of nitrogens with zero attached hydrogens (tertiary/aromatic N) is 2. The van der Waals surface area contributed by atoms with Gasteiger partial charge < -0.3 is 10.0 Å². The van der Waals surface area contributed by atoms with Crippen LogP contribution in [0.1, 0.15) is 38.1 Å². The lowest BCUT2D eigenvalue weighted by molar-refractivity contribution is -0.146. The zero-order chi connectivity index (χ0) is 16.8. The number of carboxylic acid groups (broad SMARTS) is 1. The standard InChI is InChI=1S/C17H22N2O3S/c1-3-12(2)19(11-17(21)22)16(20)10-6-9-15-18-13-7-4-5-8-14(13)23-15/h4-5,7-8,12H,3,6,9-11H2,1-2H3,(H,21,22). The van der Waals surface area contributed by atoms with Crippen molar-refractivity contribution in [2.24, 2.45) is 0 Å². The number of rotatable bonds is 8. The van der Waals surface area contributed by atoms with Crippen molar-refractivity contribution in [2.75, 3.05) is 6.54 Å². The Morgan fingerprint density at radius 3 is 2.74 bits per heavy atom. The summed E-state index contributed by atoms with van der Waals surface area (Å²) in [6, 6.07) is 7.92. The normalized spacial score (nSPS) is 12.3. The monoisotopic (exact) mass is 334 g/mol. The topological polar surface area (TPSA) is 70.5 Å². The highest BCUT2D eigenvalue weighted by Gasteiger charge is 2.21. The van der Waals surface area contributed by atoms with E-state index < -0.39 is 5.97 Å². The molecule has 0 fully saturated rings. The summed E-state index contributed by atoms with van der Waals surface area (Å²) in [6.07, 6.45) is 2.53. The third-order valence-electron chi connectivity index (χ3n) is 3.87. The summed E-state index contributed by atoms with van der Waals surface area (Å²) in [6.45, 7) is 3.61. The molecule has 1 N–H and O–H groups in total. The van der Waals surface area contributed by atoms with E-state index in [1.165, 1.54) is 4.90 Å². The van der Waals surface area contributed by atoms with Crippen LogP contribution in [0.15, 0.2) is 24.3 Å². The minimum Gasteiger partial charge on any atom is -0.480 e. The zero-order valence-corrected chi connectivity index (χ0v) is 14.3. The van der Waals surface area contributed by atoms with Crippen molar-refractivity contribution < 1.29 is 14.7 Å². The van der Waals surface area contributed by atoms with Gasteiger partial charge in [0.25, 0.3) is 0 Å². The van der Waals surface area contributed by atoms with Crippen LogP contribution in [0.2, 0.25) is 0 Å². The molecule has 6 heteroatoms. The molecule has 124 valence electrons. The molecular formula is C17H22N2O3S. The van der Waals surface area contributed by atoms with Crippen LogP contribution >= 0.6 is 11.3 Å². The molecule has 1 heterocycles. The number of benzene rings is 1. The lowest BCUT2D eigenvalue weighted by Crippen LogP contribution is -2.41. The molecule has 1 aromatic heterocycles. The van der Waals surface area contributed by atoms with Crippen LogP contribution in [0, 0.1) is 0 Å². The maximum Gasteiger partial charge on any atom is 0.323 e. The van der Waals surface area contributed by atoms with Crippen molar-refractivity contribution in [1.29, 1.82) is 0 Å². The largest absolute Gasteiger partial charge is 0.480 e. The van der Waals surface area contributed by atoms with Gasteiger partial charge in [-0.05, 0) is 38.3 Å². The van der Waals surface area contributed by atoms with Crippen molar-refractivity contribution >= 4 is 33.4 Å². The second-order valence-corrected chi connectivity index (χ2v) is 6.72. The summed E-state index contributed by atoms with van der Waals surface area (Å²) in [5.41, 5.74) is 0.992. The fourth-order valence-electron chi connectivity index (χ4n) is 2.42. The molecule has 5 nitrogen and oxygen atoms in total. The van der Waals surface area contributed by atoms with Gasteiger partial charge in [-0.2, -0.15) is 0 Å². The number of thiazole rings is 1. The number of aromatic nitrogens is 1. The number of fused-ring (bicyclic) bond motifs is 1. The van der Waals surface area contributed by atoms with E-state index >= 15 is 0 Å². The molecule has 2 aromatic rings. The van der Waals surface area contributed by atoms with Gasteiger partial charge in [0.15, 0.2) is 0 Å². The van der Waals surface area contributed by atoms with Gasteiger partial charge in [-0.3, -0.25) is 9.59 Å². The van der Waals surface area contributed by atoms with Gasteiger partial charge in [-0.1, -0.05) is 19.1 Å². The molecule has 1 atom stereocenters. The van der Waals surface area contributed by atoms with Gasteiger partial charge in [0.05, 0.1) is 15.2 Å². The average molecular weight is 334 g/mol. The molecule has 0 aliphatic rings. The van der Waals surface area contributed by atoms with E-state index in [4.69, 9.17) is 5.11 Å². The third-order valence-corrected chi connectivity index (χ3v) is 4.96. The number of carboxylic acids is 1. The second-order valence-electron chi connectivity index (χ2n) is 5.60. The van der Waals surface area contributed by atoms with Gasteiger partial charge in [0, 0.05) is 12.5 Å². The van der Waals surface area contributed by atoms with E-state index in [9.17, 15) is 9.59 Å². The maximum atomic E-state index is 12.3. The first-order valence-corrected chi connectivity index (χ1v) is 8.68. The SMILES string of the molecule is CCC(C)N(CC(=O)O)C(=O)CCCc1nc2ccccc2s1. The zero-order valence-electron chi connectivity index (χ0n) is 13.5. The first kappa shape index (κ1) is 17.4. The van der Waals surface area contributed by atoms with Crippen molar-refractivity contribution in [3.8, 4) is 0 Å². The Morgan fingerprint density at radius 2 is 2.09 bits per heavy atom. The summed E-state index contributed by atoms with van der Waals surface area (Å²) in [7, 11) is 0.